The van der Waals surface area contributed by atoms with Crippen molar-refractivity contribution in [3.05, 3.63) is 59.7 Å². The van der Waals surface area contributed by atoms with Crippen molar-refractivity contribution >= 4 is 35.0 Å². The monoisotopic (exact) mass is 536 g/mol. The van der Waals surface area contributed by atoms with Crippen molar-refractivity contribution in [3.8, 4) is 0 Å². The van der Waals surface area contributed by atoms with Crippen molar-refractivity contribution in [2.75, 3.05) is 11.9 Å². The van der Waals surface area contributed by atoms with Crippen LogP contribution in [0.4, 0.5) is 10.7 Å². The van der Waals surface area contributed by atoms with Gasteiger partial charge in [0.2, 0.25) is 5.95 Å². The number of para-hydroxylation sites is 2. The van der Waals surface area contributed by atoms with Gasteiger partial charge < -0.3 is 19.4 Å². The molecule has 0 spiro atoms. The summed E-state index contributed by atoms with van der Waals surface area (Å²) in [6, 6.07) is 14.3. The fraction of sp³-hybridized carbons (Fsp3) is 0.467. The number of alkyl carbamates (subject to hydrolysis) is 1. The van der Waals surface area contributed by atoms with Crippen LogP contribution in [0.1, 0.15) is 94.5 Å². The van der Waals surface area contributed by atoms with E-state index in [4.69, 9.17) is 9.47 Å². The first-order valence-corrected chi connectivity index (χ1v) is 13.3. The van der Waals surface area contributed by atoms with E-state index in [1.807, 2.05) is 49.6 Å². The molecule has 2 aromatic carbocycles. The fourth-order valence-electron chi connectivity index (χ4n) is 4.14. The Bertz CT molecular complexity index is 1320. The van der Waals surface area contributed by atoms with Crippen LogP contribution in [0.15, 0.2) is 48.5 Å². The number of carbonyl (C=O) groups excluding carboxylic acids is 3. The quantitative estimate of drug-likeness (QED) is 0.238. The average Bonchev–Trinajstić information content (AvgIpc) is 3.19. The molecule has 39 heavy (non-hydrogen) atoms. The zero-order valence-electron chi connectivity index (χ0n) is 24.0. The minimum atomic E-state index is -0.688. The Labute approximate surface area is 230 Å². The molecule has 1 heterocycles. The number of anilines is 1. The number of unbranched alkanes of at least 4 members (excludes halogenated alkanes) is 1. The molecule has 9 nitrogen and oxygen atoms in total. The summed E-state index contributed by atoms with van der Waals surface area (Å²) < 4.78 is 12.8. The number of ether oxygens (including phenoxy) is 2. The lowest BCUT2D eigenvalue weighted by Crippen LogP contribution is -2.33. The van der Waals surface area contributed by atoms with Crippen molar-refractivity contribution in [1.29, 1.82) is 0 Å². The molecule has 210 valence electrons. The van der Waals surface area contributed by atoms with Gasteiger partial charge in [-0.1, -0.05) is 24.3 Å². The molecule has 2 amide bonds. The smallest absolute Gasteiger partial charge is 0.407 e. The number of fused-ring (bicyclic) bond motifs is 1. The molecule has 0 aliphatic rings. The van der Waals surface area contributed by atoms with Gasteiger partial charge in [0.15, 0.2) is 0 Å². The molecule has 0 bridgehead atoms. The lowest BCUT2D eigenvalue weighted by atomic mass is 10.1. The number of amides is 2. The predicted molar refractivity (Wildman–Crippen MR) is 152 cm³/mol. The number of nitrogens with zero attached hydrogens (tertiary/aromatic N) is 2. The van der Waals surface area contributed by atoms with Crippen LogP contribution in [0.2, 0.25) is 0 Å². The minimum absolute atomic E-state index is 0.00956. The van der Waals surface area contributed by atoms with E-state index in [0.717, 1.165) is 30.3 Å². The largest absolute Gasteiger partial charge is 0.456 e. The standard InChI is InChI=1S/C30H40N4O5/c1-20(14-12-13-19-31-28(37)39-30(5,6)7)34-24-18-11-10-17-23(24)32-27(34)33-25(35)21-15-8-9-16-22(21)26(36)38-29(2,3)4/h8-11,15-18,20H,12-14,19H2,1-7H3,(H,31,37)(H,32,33,35). The van der Waals surface area contributed by atoms with Gasteiger partial charge in [-0.3, -0.25) is 10.1 Å². The number of aromatic nitrogens is 2. The second kappa shape index (κ2) is 12.3. The highest BCUT2D eigenvalue weighted by Crippen LogP contribution is 2.28. The van der Waals surface area contributed by atoms with Crippen LogP contribution in [0.5, 0.6) is 0 Å². The third-order valence-electron chi connectivity index (χ3n) is 5.77. The maximum absolute atomic E-state index is 13.4. The van der Waals surface area contributed by atoms with Gasteiger partial charge in [-0.15, -0.1) is 0 Å². The molecule has 0 aliphatic heterocycles. The molecule has 0 fully saturated rings. The Morgan fingerprint density at radius 1 is 0.872 bits per heavy atom. The molecule has 1 atom stereocenters. The summed E-state index contributed by atoms with van der Waals surface area (Å²) in [4.78, 5) is 42.7. The summed E-state index contributed by atoms with van der Waals surface area (Å²) in [5.74, 6) is -0.601. The highest BCUT2D eigenvalue weighted by molar-refractivity contribution is 6.11. The first kappa shape index (κ1) is 29.7. The zero-order chi connectivity index (χ0) is 28.8. The van der Waals surface area contributed by atoms with Gasteiger partial charge in [-0.05, 0) is 92.0 Å². The summed E-state index contributed by atoms with van der Waals surface area (Å²) >= 11 is 0. The maximum Gasteiger partial charge on any atom is 0.407 e. The minimum Gasteiger partial charge on any atom is -0.456 e. The summed E-state index contributed by atoms with van der Waals surface area (Å²) in [7, 11) is 0. The lowest BCUT2D eigenvalue weighted by Gasteiger charge is -2.21. The van der Waals surface area contributed by atoms with E-state index in [9.17, 15) is 14.4 Å². The van der Waals surface area contributed by atoms with Gasteiger partial charge >= 0.3 is 12.1 Å². The van der Waals surface area contributed by atoms with Gasteiger partial charge in [0, 0.05) is 12.6 Å². The molecular weight excluding hydrogens is 496 g/mol. The number of benzene rings is 2. The van der Waals surface area contributed by atoms with Crippen molar-refractivity contribution in [2.24, 2.45) is 0 Å². The van der Waals surface area contributed by atoms with Crippen molar-refractivity contribution in [1.82, 2.24) is 14.9 Å². The molecule has 9 heteroatoms. The van der Waals surface area contributed by atoms with Gasteiger partial charge in [-0.2, -0.15) is 0 Å². The topological polar surface area (TPSA) is 112 Å². The van der Waals surface area contributed by atoms with E-state index in [1.54, 1.807) is 45.0 Å². The maximum atomic E-state index is 13.4. The Morgan fingerprint density at radius 2 is 1.49 bits per heavy atom. The van der Waals surface area contributed by atoms with Gasteiger partial charge in [0.25, 0.3) is 5.91 Å². The Kier molecular flexibility index (Phi) is 9.37. The first-order valence-electron chi connectivity index (χ1n) is 13.3. The van der Waals surface area contributed by atoms with Crippen molar-refractivity contribution in [2.45, 2.75) is 85.0 Å². The van der Waals surface area contributed by atoms with Crippen LogP contribution >= 0.6 is 0 Å². The average molecular weight is 537 g/mol. The molecule has 0 saturated carbocycles. The zero-order valence-corrected chi connectivity index (χ0v) is 24.0. The van der Waals surface area contributed by atoms with E-state index < -0.39 is 29.2 Å². The van der Waals surface area contributed by atoms with Crippen LogP contribution in [0.3, 0.4) is 0 Å². The molecule has 1 aromatic heterocycles. The number of esters is 1. The molecule has 3 aromatic rings. The van der Waals surface area contributed by atoms with Crippen LogP contribution in [0.25, 0.3) is 11.0 Å². The summed E-state index contributed by atoms with van der Waals surface area (Å²) in [5.41, 5.74) is 0.839. The lowest BCUT2D eigenvalue weighted by molar-refractivity contribution is 0.00675. The second-order valence-corrected chi connectivity index (χ2v) is 11.6. The number of rotatable bonds is 9. The normalized spacial score (nSPS) is 12.6. The fourth-order valence-corrected chi connectivity index (χ4v) is 4.14. The molecule has 2 N–H and O–H groups in total. The summed E-state index contributed by atoms with van der Waals surface area (Å²) in [6.45, 7) is 13.4. The first-order chi connectivity index (χ1) is 18.2. The Morgan fingerprint density at radius 3 is 2.15 bits per heavy atom. The molecule has 1 unspecified atom stereocenters. The van der Waals surface area contributed by atoms with Crippen LogP contribution in [-0.4, -0.2) is 45.3 Å². The second-order valence-electron chi connectivity index (χ2n) is 11.6. The van der Waals surface area contributed by atoms with E-state index in [1.165, 1.54) is 0 Å². The SMILES string of the molecule is CC(CCCCNC(=O)OC(C)(C)C)n1c(NC(=O)c2ccccc2C(=O)OC(C)(C)C)nc2ccccc21. The third-order valence-corrected chi connectivity index (χ3v) is 5.77. The Balaban J connectivity index is 1.73. The highest BCUT2D eigenvalue weighted by atomic mass is 16.6. The molecule has 0 radical (unpaired) electrons. The molecular formula is C30H40N4O5. The molecule has 0 saturated heterocycles. The number of imidazole rings is 1. The van der Waals surface area contributed by atoms with E-state index >= 15 is 0 Å². The number of nitrogens with one attached hydrogen (secondary N) is 2. The number of hydrogen-bond donors (Lipinski definition) is 2. The van der Waals surface area contributed by atoms with Crippen LogP contribution in [-0.2, 0) is 9.47 Å². The van der Waals surface area contributed by atoms with E-state index in [0.29, 0.717) is 12.5 Å². The molecule has 0 aliphatic carbocycles. The molecule has 3 rings (SSSR count). The van der Waals surface area contributed by atoms with E-state index in [-0.39, 0.29) is 17.2 Å². The summed E-state index contributed by atoms with van der Waals surface area (Å²) in [6.07, 6.45) is 2.00. The number of hydrogen-bond acceptors (Lipinski definition) is 6. The van der Waals surface area contributed by atoms with Crippen molar-refractivity contribution < 1.29 is 23.9 Å². The van der Waals surface area contributed by atoms with Gasteiger partial charge in [0.1, 0.15) is 11.2 Å². The third kappa shape index (κ3) is 8.56. The summed E-state index contributed by atoms with van der Waals surface area (Å²) in [5, 5.41) is 5.71. The van der Waals surface area contributed by atoms with Gasteiger partial charge in [0.05, 0.1) is 22.2 Å². The van der Waals surface area contributed by atoms with Crippen molar-refractivity contribution in [3.63, 3.8) is 0 Å². The highest BCUT2D eigenvalue weighted by Gasteiger charge is 2.24. The van der Waals surface area contributed by atoms with Crippen LogP contribution < -0.4 is 10.6 Å². The van der Waals surface area contributed by atoms with Crippen LogP contribution in [0, 0.1) is 0 Å². The Hall–Kier alpha value is -3.88. The predicted octanol–water partition coefficient (Wildman–Crippen LogP) is 6.50. The number of carbonyl (C=O) groups is 3. The van der Waals surface area contributed by atoms with E-state index in [2.05, 4.69) is 22.5 Å². The van der Waals surface area contributed by atoms with Gasteiger partial charge in [-0.25, -0.2) is 14.6 Å².